The summed E-state index contributed by atoms with van der Waals surface area (Å²) in [6.07, 6.45) is 5.97. The first-order valence-electron chi connectivity index (χ1n) is 6.87. The van der Waals surface area contributed by atoms with Gasteiger partial charge in [0.2, 0.25) is 5.88 Å². The minimum absolute atomic E-state index is 0.144. The van der Waals surface area contributed by atoms with Crippen molar-refractivity contribution in [2.24, 2.45) is 0 Å². The molecule has 0 amide bonds. The van der Waals surface area contributed by atoms with Gasteiger partial charge in [-0.15, -0.1) is 0 Å². The van der Waals surface area contributed by atoms with Crippen LogP contribution < -0.4 is 10.3 Å². The summed E-state index contributed by atoms with van der Waals surface area (Å²) in [5, 5.41) is 0. The fourth-order valence-electron chi connectivity index (χ4n) is 1.68. The predicted molar refractivity (Wildman–Crippen MR) is 73.2 cm³/mol. The smallest absolute Gasteiger partial charge is 0.254 e. The van der Waals surface area contributed by atoms with E-state index in [1.807, 2.05) is 13.8 Å². The van der Waals surface area contributed by atoms with Crippen molar-refractivity contribution >= 4 is 0 Å². The van der Waals surface area contributed by atoms with Crippen molar-refractivity contribution in [3.05, 3.63) is 22.2 Å². The Morgan fingerprint density at radius 3 is 2.67 bits per heavy atom. The van der Waals surface area contributed by atoms with E-state index in [1.165, 1.54) is 31.7 Å². The van der Waals surface area contributed by atoms with Gasteiger partial charge in [0.1, 0.15) is 5.82 Å². The molecule has 1 N–H and O–H groups in total. The summed E-state index contributed by atoms with van der Waals surface area (Å²) in [6.45, 7) is 6.82. The highest BCUT2D eigenvalue weighted by Gasteiger charge is 2.05. The van der Waals surface area contributed by atoms with Crippen LogP contribution in [0.1, 0.15) is 64.6 Å². The van der Waals surface area contributed by atoms with Crippen molar-refractivity contribution in [1.82, 2.24) is 9.97 Å². The van der Waals surface area contributed by atoms with Crippen molar-refractivity contribution in [3.8, 4) is 5.88 Å². The average Bonchev–Trinajstić information content (AvgIpc) is 2.33. The zero-order valence-corrected chi connectivity index (χ0v) is 11.7. The molecule has 0 aliphatic carbocycles. The third kappa shape index (κ3) is 5.34. The second-order valence-corrected chi connectivity index (χ2v) is 4.89. The summed E-state index contributed by atoms with van der Waals surface area (Å²) in [4.78, 5) is 18.4. The lowest BCUT2D eigenvalue weighted by atomic mass is 10.2. The van der Waals surface area contributed by atoms with Crippen molar-refractivity contribution in [2.45, 2.75) is 58.8 Å². The first kappa shape index (κ1) is 14.7. The second kappa shape index (κ2) is 7.90. The lowest BCUT2D eigenvalue weighted by molar-refractivity contribution is 0.291. The van der Waals surface area contributed by atoms with Gasteiger partial charge in [0.15, 0.2) is 0 Å². The summed E-state index contributed by atoms with van der Waals surface area (Å²) < 4.78 is 5.53. The van der Waals surface area contributed by atoms with E-state index in [-0.39, 0.29) is 11.5 Å². The van der Waals surface area contributed by atoms with Crippen molar-refractivity contribution in [1.29, 1.82) is 0 Å². The lowest BCUT2D eigenvalue weighted by Crippen LogP contribution is -2.13. The number of ether oxygens (including phenoxy) is 1. The minimum atomic E-state index is -0.144. The molecule has 0 unspecified atom stereocenters. The van der Waals surface area contributed by atoms with Crippen LogP contribution in [0.3, 0.4) is 0 Å². The minimum Gasteiger partial charge on any atom is -0.477 e. The molecule has 1 aromatic heterocycles. The van der Waals surface area contributed by atoms with Crippen molar-refractivity contribution in [3.63, 3.8) is 0 Å². The lowest BCUT2D eigenvalue weighted by Gasteiger charge is -2.08. The molecule has 4 heteroatoms. The van der Waals surface area contributed by atoms with Gasteiger partial charge in [0.05, 0.1) is 12.7 Å². The average molecular weight is 252 g/mol. The molecule has 4 nitrogen and oxygen atoms in total. The third-order valence-corrected chi connectivity index (χ3v) is 2.78. The van der Waals surface area contributed by atoms with Gasteiger partial charge in [-0.1, -0.05) is 46.5 Å². The van der Waals surface area contributed by atoms with E-state index < -0.39 is 0 Å². The van der Waals surface area contributed by atoms with E-state index in [9.17, 15) is 4.79 Å². The monoisotopic (exact) mass is 252 g/mol. The molecular weight excluding hydrogens is 228 g/mol. The summed E-state index contributed by atoms with van der Waals surface area (Å²) in [7, 11) is 0. The molecule has 0 aromatic carbocycles. The number of aromatic nitrogens is 2. The van der Waals surface area contributed by atoms with Gasteiger partial charge in [-0.25, -0.2) is 0 Å². The molecule has 0 spiro atoms. The van der Waals surface area contributed by atoms with Crippen LogP contribution in [0.2, 0.25) is 0 Å². The predicted octanol–water partition coefficient (Wildman–Crippen LogP) is 3.24. The summed E-state index contributed by atoms with van der Waals surface area (Å²) >= 11 is 0. The molecular formula is C14H24N2O2. The highest BCUT2D eigenvalue weighted by Crippen LogP contribution is 2.11. The van der Waals surface area contributed by atoms with E-state index in [4.69, 9.17) is 4.74 Å². The summed E-state index contributed by atoms with van der Waals surface area (Å²) in [6, 6.07) is 1.41. The maximum atomic E-state index is 11.4. The molecule has 1 heterocycles. The van der Waals surface area contributed by atoms with E-state index in [2.05, 4.69) is 16.9 Å². The van der Waals surface area contributed by atoms with Crippen LogP contribution in [-0.2, 0) is 0 Å². The molecule has 1 aromatic rings. The Labute approximate surface area is 109 Å². The first-order valence-corrected chi connectivity index (χ1v) is 6.87. The maximum Gasteiger partial charge on any atom is 0.254 e. The Morgan fingerprint density at radius 1 is 1.28 bits per heavy atom. The van der Waals surface area contributed by atoms with Gasteiger partial charge in [-0.2, -0.15) is 4.98 Å². The molecule has 0 radical (unpaired) electrons. The second-order valence-electron chi connectivity index (χ2n) is 4.89. The molecule has 102 valence electrons. The van der Waals surface area contributed by atoms with Crippen LogP contribution in [0.15, 0.2) is 10.9 Å². The molecule has 0 saturated carbocycles. The fourth-order valence-corrected chi connectivity index (χ4v) is 1.68. The van der Waals surface area contributed by atoms with Crippen LogP contribution in [0.5, 0.6) is 5.88 Å². The number of aromatic amines is 1. The molecule has 0 aliphatic rings. The molecule has 0 atom stereocenters. The number of hydrogen-bond acceptors (Lipinski definition) is 3. The molecule has 1 rings (SSSR count). The van der Waals surface area contributed by atoms with Crippen LogP contribution >= 0.6 is 0 Å². The highest BCUT2D eigenvalue weighted by molar-refractivity contribution is 5.10. The molecule has 18 heavy (non-hydrogen) atoms. The van der Waals surface area contributed by atoms with E-state index >= 15 is 0 Å². The Hall–Kier alpha value is -1.32. The summed E-state index contributed by atoms with van der Waals surface area (Å²) in [5.41, 5.74) is -0.144. The van der Waals surface area contributed by atoms with Crippen molar-refractivity contribution in [2.75, 3.05) is 6.61 Å². The Morgan fingerprint density at radius 2 is 2.00 bits per heavy atom. The topological polar surface area (TPSA) is 55.0 Å². The number of rotatable bonds is 8. The van der Waals surface area contributed by atoms with Gasteiger partial charge in [-0.05, 0) is 6.42 Å². The van der Waals surface area contributed by atoms with E-state index in [0.717, 1.165) is 6.42 Å². The molecule has 0 bridgehead atoms. The summed E-state index contributed by atoms with van der Waals surface area (Å²) in [5.74, 6) is 1.33. The standard InChI is InChI=1S/C14H24N2O2/c1-4-5-6-7-8-9-18-13-10-12(17)15-14(16-13)11(2)3/h10-11H,4-9H2,1-3H3,(H,15,16,17). The van der Waals surface area contributed by atoms with Gasteiger partial charge in [0, 0.05) is 5.92 Å². The van der Waals surface area contributed by atoms with Crippen LogP contribution in [0, 0.1) is 0 Å². The SMILES string of the molecule is CCCCCCCOc1cc(=O)[nH]c(C(C)C)n1. The fraction of sp³-hybridized carbons (Fsp3) is 0.714. The first-order chi connectivity index (χ1) is 8.63. The number of nitrogens with one attached hydrogen (secondary N) is 1. The van der Waals surface area contributed by atoms with Crippen LogP contribution in [-0.4, -0.2) is 16.6 Å². The molecule has 0 fully saturated rings. The van der Waals surface area contributed by atoms with Crippen LogP contribution in [0.4, 0.5) is 0 Å². The molecule has 0 saturated heterocycles. The largest absolute Gasteiger partial charge is 0.477 e. The van der Waals surface area contributed by atoms with Gasteiger partial charge >= 0.3 is 0 Å². The Bertz CT molecular complexity index is 399. The number of hydrogen-bond donors (Lipinski definition) is 1. The van der Waals surface area contributed by atoms with Gasteiger partial charge < -0.3 is 9.72 Å². The van der Waals surface area contributed by atoms with Gasteiger partial charge in [-0.3, -0.25) is 4.79 Å². The zero-order valence-electron chi connectivity index (χ0n) is 11.7. The Kier molecular flexibility index (Phi) is 6.47. The van der Waals surface area contributed by atoms with Crippen molar-refractivity contribution < 1.29 is 4.74 Å². The van der Waals surface area contributed by atoms with E-state index in [1.54, 1.807) is 0 Å². The highest BCUT2D eigenvalue weighted by atomic mass is 16.5. The van der Waals surface area contributed by atoms with Crippen LogP contribution in [0.25, 0.3) is 0 Å². The number of nitrogens with zero attached hydrogens (tertiary/aromatic N) is 1. The van der Waals surface area contributed by atoms with Gasteiger partial charge in [0.25, 0.3) is 5.56 Å². The Balaban J connectivity index is 2.40. The maximum absolute atomic E-state index is 11.4. The molecule has 0 aliphatic heterocycles. The number of H-pyrrole nitrogens is 1. The number of unbranched alkanes of at least 4 members (excludes halogenated alkanes) is 4. The quantitative estimate of drug-likeness (QED) is 0.723. The zero-order chi connectivity index (χ0) is 13.4. The normalized spacial score (nSPS) is 10.9. The van der Waals surface area contributed by atoms with E-state index in [0.29, 0.717) is 18.3 Å². The third-order valence-electron chi connectivity index (χ3n) is 2.78.